The van der Waals surface area contributed by atoms with E-state index in [1.807, 2.05) is 11.8 Å². The van der Waals surface area contributed by atoms with Crippen LogP contribution in [0.25, 0.3) is 0 Å². The molecule has 1 fully saturated rings. The van der Waals surface area contributed by atoms with Gasteiger partial charge in [-0.25, -0.2) is 4.79 Å². The largest absolute Gasteiger partial charge is 0.328 e. The topological polar surface area (TPSA) is 80.9 Å². The zero-order valence-corrected chi connectivity index (χ0v) is 9.76. The molecule has 0 saturated carbocycles. The molecular weight excluding hydrogens is 226 g/mol. The number of aromatic nitrogens is 2. The van der Waals surface area contributed by atoms with Gasteiger partial charge in [0.25, 0.3) is 5.56 Å². The Labute approximate surface area is 97.1 Å². The quantitative estimate of drug-likeness (QED) is 0.764. The molecule has 1 aliphatic heterocycles. The number of nitrogens with zero attached hydrogens (tertiary/aromatic N) is 1. The van der Waals surface area contributed by atoms with Crippen LogP contribution in [-0.2, 0) is 13.1 Å². The van der Waals surface area contributed by atoms with E-state index in [0.29, 0.717) is 18.0 Å². The summed E-state index contributed by atoms with van der Waals surface area (Å²) >= 11 is 1.91. The van der Waals surface area contributed by atoms with E-state index in [1.54, 1.807) is 10.8 Å². The van der Waals surface area contributed by atoms with Gasteiger partial charge in [0.05, 0.1) is 0 Å². The van der Waals surface area contributed by atoms with E-state index in [9.17, 15) is 9.59 Å². The second kappa shape index (κ2) is 4.88. The first-order chi connectivity index (χ1) is 7.70. The maximum absolute atomic E-state index is 11.6. The highest BCUT2D eigenvalue weighted by atomic mass is 32.2. The molecule has 1 saturated heterocycles. The summed E-state index contributed by atoms with van der Waals surface area (Å²) in [6.45, 7) is 0.838. The van der Waals surface area contributed by atoms with Crippen LogP contribution >= 0.6 is 11.8 Å². The summed E-state index contributed by atoms with van der Waals surface area (Å²) in [6.07, 6.45) is 2.72. The molecule has 0 spiro atoms. The third kappa shape index (κ3) is 2.38. The van der Waals surface area contributed by atoms with Crippen molar-refractivity contribution in [2.75, 3.05) is 11.5 Å². The zero-order chi connectivity index (χ0) is 11.5. The SMILES string of the molecule is NCc1cn(CC2CCSC2)c(=O)[nH]c1=O. The normalized spacial score (nSPS) is 20.2. The van der Waals surface area contributed by atoms with Crippen molar-refractivity contribution in [2.45, 2.75) is 19.5 Å². The minimum Gasteiger partial charge on any atom is -0.326 e. The summed E-state index contributed by atoms with van der Waals surface area (Å²) < 4.78 is 1.57. The van der Waals surface area contributed by atoms with Crippen LogP contribution in [0.3, 0.4) is 0 Å². The van der Waals surface area contributed by atoms with Crippen molar-refractivity contribution in [3.8, 4) is 0 Å². The van der Waals surface area contributed by atoms with Crippen LogP contribution in [0.4, 0.5) is 0 Å². The smallest absolute Gasteiger partial charge is 0.326 e. The highest BCUT2D eigenvalue weighted by Crippen LogP contribution is 2.24. The molecule has 1 aromatic rings. The van der Waals surface area contributed by atoms with E-state index in [4.69, 9.17) is 5.73 Å². The fourth-order valence-corrected chi connectivity index (χ4v) is 3.11. The van der Waals surface area contributed by atoms with Crippen molar-refractivity contribution in [3.05, 3.63) is 32.6 Å². The first-order valence-corrected chi connectivity index (χ1v) is 6.46. The number of hydrogen-bond acceptors (Lipinski definition) is 4. The third-order valence-electron chi connectivity index (χ3n) is 2.78. The monoisotopic (exact) mass is 241 g/mol. The second-order valence-corrected chi connectivity index (χ2v) is 5.15. The Morgan fingerprint density at radius 3 is 3.00 bits per heavy atom. The van der Waals surface area contributed by atoms with E-state index in [1.165, 1.54) is 0 Å². The second-order valence-electron chi connectivity index (χ2n) is 4.00. The molecular formula is C10H15N3O2S. The summed E-state index contributed by atoms with van der Waals surface area (Å²) in [5.41, 5.74) is 5.20. The van der Waals surface area contributed by atoms with E-state index in [0.717, 1.165) is 17.9 Å². The van der Waals surface area contributed by atoms with Gasteiger partial charge in [-0.3, -0.25) is 14.3 Å². The van der Waals surface area contributed by atoms with Crippen LogP contribution in [0.15, 0.2) is 15.8 Å². The lowest BCUT2D eigenvalue weighted by Crippen LogP contribution is -2.34. The van der Waals surface area contributed by atoms with Crippen molar-refractivity contribution in [1.82, 2.24) is 9.55 Å². The molecule has 0 aliphatic carbocycles. The zero-order valence-electron chi connectivity index (χ0n) is 8.94. The van der Waals surface area contributed by atoms with Gasteiger partial charge < -0.3 is 5.73 Å². The standard InChI is InChI=1S/C10H15N3O2S/c11-3-8-5-13(10(15)12-9(8)14)4-7-1-2-16-6-7/h5,7H,1-4,6,11H2,(H,12,14,15). The van der Waals surface area contributed by atoms with Gasteiger partial charge in [0.1, 0.15) is 0 Å². The van der Waals surface area contributed by atoms with Crippen LogP contribution in [0.1, 0.15) is 12.0 Å². The number of nitrogens with two attached hydrogens (primary N) is 1. The highest BCUT2D eigenvalue weighted by molar-refractivity contribution is 7.99. The summed E-state index contributed by atoms with van der Waals surface area (Å²) in [5, 5.41) is 0. The number of thioether (sulfide) groups is 1. The first kappa shape index (κ1) is 11.5. The van der Waals surface area contributed by atoms with Gasteiger partial charge >= 0.3 is 5.69 Å². The lowest BCUT2D eigenvalue weighted by molar-refractivity contribution is 0.473. The molecule has 0 radical (unpaired) electrons. The van der Waals surface area contributed by atoms with Gasteiger partial charge in [-0.1, -0.05) is 0 Å². The molecule has 3 N–H and O–H groups in total. The summed E-state index contributed by atoms with van der Waals surface area (Å²) in [5.74, 6) is 2.77. The van der Waals surface area contributed by atoms with Gasteiger partial charge in [-0.2, -0.15) is 11.8 Å². The van der Waals surface area contributed by atoms with Crippen molar-refractivity contribution in [2.24, 2.45) is 11.7 Å². The summed E-state index contributed by atoms with van der Waals surface area (Å²) in [4.78, 5) is 25.2. The Morgan fingerprint density at radius 2 is 2.38 bits per heavy atom. The van der Waals surface area contributed by atoms with Gasteiger partial charge in [0, 0.05) is 24.8 Å². The average molecular weight is 241 g/mol. The number of aromatic amines is 1. The Kier molecular flexibility index (Phi) is 3.50. The molecule has 6 heteroatoms. The fraction of sp³-hybridized carbons (Fsp3) is 0.600. The minimum absolute atomic E-state index is 0.162. The van der Waals surface area contributed by atoms with E-state index >= 15 is 0 Å². The molecule has 1 unspecified atom stereocenters. The summed E-state index contributed by atoms with van der Waals surface area (Å²) in [6, 6.07) is 0. The highest BCUT2D eigenvalue weighted by Gasteiger charge is 2.16. The Balaban J connectivity index is 2.25. The molecule has 1 aliphatic rings. The molecule has 0 amide bonds. The lowest BCUT2D eigenvalue weighted by atomic mass is 10.1. The van der Waals surface area contributed by atoms with Crippen molar-refractivity contribution in [1.29, 1.82) is 0 Å². The van der Waals surface area contributed by atoms with Gasteiger partial charge in [0.15, 0.2) is 0 Å². The Morgan fingerprint density at radius 1 is 1.56 bits per heavy atom. The molecule has 88 valence electrons. The Bertz CT molecular complexity index is 474. The van der Waals surface area contributed by atoms with E-state index < -0.39 is 0 Å². The van der Waals surface area contributed by atoms with Crippen LogP contribution in [0, 0.1) is 5.92 Å². The fourth-order valence-electron chi connectivity index (χ4n) is 1.84. The first-order valence-electron chi connectivity index (χ1n) is 5.31. The van der Waals surface area contributed by atoms with Gasteiger partial charge in [0.2, 0.25) is 0 Å². The number of hydrogen-bond donors (Lipinski definition) is 2. The van der Waals surface area contributed by atoms with E-state index in [-0.39, 0.29) is 17.8 Å². The molecule has 0 bridgehead atoms. The van der Waals surface area contributed by atoms with Crippen molar-refractivity contribution in [3.63, 3.8) is 0 Å². The minimum atomic E-state index is -0.371. The maximum Gasteiger partial charge on any atom is 0.328 e. The predicted molar refractivity (Wildman–Crippen MR) is 64.6 cm³/mol. The number of rotatable bonds is 3. The molecule has 16 heavy (non-hydrogen) atoms. The predicted octanol–water partition coefficient (Wildman–Crippen LogP) is -0.252. The molecule has 0 aromatic carbocycles. The van der Waals surface area contributed by atoms with Crippen LogP contribution in [0.2, 0.25) is 0 Å². The molecule has 1 atom stereocenters. The van der Waals surface area contributed by atoms with Crippen LogP contribution in [-0.4, -0.2) is 21.1 Å². The average Bonchev–Trinajstić information content (AvgIpc) is 2.75. The number of nitrogens with one attached hydrogen (secondary N) is 1. The third-order valence-corrected chi connectivity index (χ3v) is 4.01. The van der Waals surface area contributed by atoms with Crippen molar-refractivity contribution < 1.29 is 0 Å². The van der Waals surface area contributed by atoms with Gasteiger partial charge in [-0.15, -0.1) is 0 Å². The van der Waals surface area contributed by atoms with Crippen LogP contribution < -0.4 is 17.0 Å². The molecule has 1 aromatic heterocycles. The molecule has 2 heterocycles. The lowest BCUT2D eigenvalue weighted by Gasteiger charge is -2.11. The Hall–Kier alpha value is -1.01. The van der Waals surface area contributed by atoms with Gasteiger partial charge in [-0.05, 0) is 23.8 Å². The maximum atomic E-state index is 11.6. The number of H-pyrrole nitrogens is 1. The van der Waals surface area contributed by atoms with Crippen molar-refractivity contribution >= 4 is 11.8 Å². The molecule has 2 rings (SSSR count). The van der Waals surface area contributed by atoms with Crippen LogP contribution in [0.5, 0.6) is 0 Å². The molecule has 5 nitrogen and oxygen atoms in total. The van der Waals surface area contributed by atoms with E-state index in [2.05, 4.69) is 4.98 Å². The summed E-state index contributed by atoms with van der Waals surface area (Å²) in [7, 11) is 0.